The van der Waals surface area contributed by atoms with Gasteiger partial charge in [-0.15, -0.1) is 0 Å². The first-order chi connectivity index (χ1) is 17.6. The van der Waals surface area contributed by atoms with Crippen LogP contribution in [0, 0.1) is 11.3 Å². The van der Waals surface area contributed by atoms with Crippen LogP contribution in [-0.4, -0.2) is 61.6 Å². The lowest BCUT2D eigenvalue weighted by Crippen LogP contribution is -2.35. The number of ether oxygens (including phenoxy) is 2. The quantitative estimate of drug-likeness (QED) is 0.547. The first-order valence-electron chi connectivity index (χ1n) is 11.6. The molecule has 1 aliphatic heterocycles. The van der Waals surface area contributed by atoms with E-state index >= 15 is 0 Å². The second kappa shape index (κ2) is 11.7. The van der Waals surface area contributed by atoms with Gasteiger partial charge < -0.3 is 24.6 Å². The van der Waals surface area contributed by atoms with E-state index in [4.69, 9.17) is 9.47 Å². The number of hydrogen-bond donors (Lipinski definition) is 1. The lowest BCUT2D eigenvalue weighted by Gasteiger charge is -2.23. The van der Waals surface area contributed by atoms with E-state index in [0.29, 0.717) is 53.8 Å². The fourth-order valence-corrected chi connectivity index (χ4v) is 3.99. The zero-order valence-electron chi connectivity index (χ0n) is 20.0. The Bertz CT molecular complexity index is 1260. The van der Waals surface area contributed by atoms with E-state index in [0.717, 1.165) is 13.0 Å². The molecule has 0 radical (unpaired) electrons. The van der Waals surface area contributed by atoms with Crippen molar-refractivity contribution in [3.8, 4) is 17.6 Å². The van der Waals surface area contributed by atoms with Gasteiger partial charge in [0.05, 0.1) is 12.7 Å². The summed E-state index contributed by atoms with van der Waals surface area (Å²) in [5, 5.41) is 12.1. The zero-order chi connectivity index (χ0) is 25.3. The summed E-state index contributed by atoms with van der Waals surface area (Å²) < 4.78 is 10.7. The monoisotopic (exact) mass is 485 g/mol. The first-order valence-corrected chi connectivity index (χ1v) is 11.6. The topological polar surface area (TPSA) is 108 Å². The summed E-state index contributed by atoms with van der Waals surface area (Å²) in [5.41, 5.74) is 1.70. The smallest absolute Gasteiger partial charge is 0.262 e. The van der Waals surface area contributed by atoms with Gasteiger partial charge in [-0.1, -0.05) is 6.07 Å². The minimum absolute atomic E-state index is 0.0688. The van der Waals surface area contributed by atoms with Crippen molar-refractivity contribution in [1.82, 2.24) is 9.88 Å². The van der Waals surface area contributed by atoms with E-state index in [-0.39, 0.29) is 18.4 Å². The summed E-state index contributed by atoms with van der Waals surface area (Å²) in [6, 6.07) is 19.5. The molecule has 4 rings (SSSR count). The second-order valence-corrected chi connectivity index (χ2v) is 8.21. The Morgan fingerprint density at radius 3 is 2.64 bits per heavy atom. The highest BCUT2D eigenvalue weighted by Crippen LogP contribution is 2.20. The van der Waals surface area contributed by atoms with Crippen LogP contribution in [0.1, 0.15) is 22.3 Å². The van der Waals surface area contributed by atoms with Crippen molar-refractivity contribution in [3.05, 3.63) is 78.0 Å². The van der Waals surface area contributed by atoms with E-state index in [2.05, 4.69) is 21.3 Å². The van der Waals surface area contributed by atoms with E-state index in [1.54, 1.807) is 74.0 Å². The Labute approximate surface area is 209 Å². The normalized spacial score (nSPS) is 13.3. The molecular formula is C27H27N5O4. The number of methoxy groups -OCH3 is 1. The molecule has 1 aliphatic rings. The Morgan fingerprint density at radius 2 is 1.86 bits per heavy atom. The molecule has 9 heteroatoms. The number of pyridine rings is 1. The van der Waals surface area contributed by atoms with Crippen molar-refractivity contribution in [2.75, 3.05) is 50.1 Å². The predicted molar refractivity (Wildman–Crippen MR) is 135 cm³/mol. The van der Waals surface area contributed by atoms with Crippen molar-refractivity contribution >= 4 is 23.3 Å². The number of hydrogen-bond acceptors (Lipinski definition) is 7. The maximum atomic E-state index is 13.1. The molecule has 3 aromatic rings. The maximum absolute atomic E-state index is 13.1. The van der Waals surface area contributed by atoms with E-state index in [1.165, 1.54) is 0 Å². The molecule has 0 unspecified atom stereocenters. The van der Waals surface area contributed by atoms with Crippen molar-refractivity contribution in [2.45, 2.75) is 6.42 Å². The molecule has 184 valence electrons. The number of nitriles is 1. The van der Waals surface area contributed by atoms with Gasteiger partial charge >= 0.3 is 0 Å². The van der Waals surface area contributed by atoms with Crippen molar-refractivity contribution in [2.24, 2.45) is 0 Å². The van der Waals surface area contributed by atoms with Crippen LogP contribution < -0.4 is 19.7 Å². The summed E-state index contributed by atoms with van der Waals surface area (Å²) in [6.07, 6.45) is 2.45. The van der Waals surface area contributed by atoms with Crippen molar-refractivity contribution in [3.63, 3.8) is 0 Å². The third-order valence-electron chi connectivity index (χ3n) is 5.81. The van der Waals surface area contributed by atoms with Crippen LogP contribution in [0.4, 0.5) is 11.5 Å². The minimum Gasteiger partial charge on any atom is -0.497 e. The van der Waals surface area contributed by atoms with E-state index < -0.39 is 0 Å². The number of anilines is 2. The predicted octanol–water partition coefficient (Wildman–Crippen LogP) is 3.33. The molecule has 1 saturated heterocycles. The molecule has 0 atom stereocenters. The number of carbonyl (C=O) groups is 2. The van der Waals surface area contributed by atoms with Crippen molar-refractivity contribution in [1.29, 1.82) is 5.26 Å². The van der Waals surface area contributed by atoms with Gasteiger partial charge in [-0.05, 0) is 55.0 Å². The molecule has 2 amide bonds. The molecule has 0 saturated carbocycles. The zero-order valence-corrected chi connectivity index (χ0v) is 20.0. The minimum atomic E-state index is -0.301. The van der Waals surface area contributed by atoms with Gasteiger partial charge in [0.25, 0.3) is 11.8 Å². The number of carbonyl (C=O) groups excluding carboxylic acids is 2. The molecule has 0 bridgehead atoms. The second-order valence-electron chi connectivity index (χ2n) is 8.21. The van der Waals surface area contributed by atoms with Crippen LogP contribution in [0.15, 0.2) is 66.9 Å². The van der Waals surface area contributed by atoms with E-state index in [9.17, 15) is 14.9 Å². The Kier molecular flexibility index (Phi) is 7.98. The molecular weight excluding hydrogens is 458 g/mol. The molecule has 2 heterocycles. The Morgan fingerprint density at radius 1 is 1.03 bits per heavy atom. The standard InChI is InChI=1S/C27H27N5O4/c1-35-24-7-2-6-22(17-24)30-25(33)19-36-23-10-8-20(9-11-23)27(34)32-14-4-13-31(15-16-32)26-21(18-28)5-3-12-29-26/h2-3,5-12,17H,4,13-16,19H2,1H3,(H,30,33). The summed E-state index contributed by atoms with van der Waals surface area (Å²) >= 11 is 0. The SMILES string of the molecule is COc1cccc(NC(=O)COc2ccc(C(=O)N3CCCN(c4ncccc4C#N)CC3)cc2)c1. The maximum Gasteiger partial charge on any atom is 0.262 e. The molecule has 1 aromatic heterocycles. The van der Waals surface area contributed by atoms with Crippen LogP contribution in [0.2, 0.25) is 0 Å². The molecule has 1 fully saturated rings. The summed E-state index contributed by atoms with van der Waals surface area (Å²) in [6.45, 7) is 2.31. The molecule has 0 spiro atoms. The Hall–Kier alpha value is -4.58. The summed E-state index contributed by atoms with van der Waals surface area (Å²) in [4.78, 5) is 33.5. The molecule has 2 aromatic carbocycles. The number of benzene rings is 2. The first kappa shape index (κ1) is 24.5. The number of nitrogens with zero attached hydrogens (tertiary/aromatic N) is 4. The van der Waals surface area contributed by atoms with Gasteiger partial charge in [-0.25, -0.2) is 4.98 Å². The number of amides is 2. The Balaban J connectivity index is 1.30. The van der Waals surface area contributed by atoms with Crippen molar-refractivity contribution < 1.29 is 19.1 Å². The van der Waals surface area contributed by atoms with Gasteiger partial charge in [0, 0.05) is 49.7 Å². The van der Waals surface area contributed by atoms with Gasteiger partial charge in [-0.2, -0.15) is 5.26 Å². The van der Waals surface area contributed by atoms with E-state index in [1.807, 2.05) is 4.90 Å². The average Bonchev–Trinajstić information content (AvgIpc) is 3.18. The summed E-state index contributed by atoms with van der Waals surface area (Å²) in [7, 11) is 1.56. The van der Waals surface area contributed by atoms with Crippen LogP contribution in [0.5, 0.6) is 11.5 Å². The van der Waals surface area contributed by atoms with Gasteiger partial charge in [-0.3, -0.25) is 9.59 Å². The third-order valence-corrected chi connectivity index (χ3v) is 5.81. The van der Waals surface area contributed by atoms with Crippen LogP contribution in [-0.2, 0) is 4.79 Å². The molecule has 1 N–H and O–H groups in total. The lowest BCUT2D eigenvalue weighted by molar-refractivity contribution is -0.118. The number of nitrogens with one attached hydrogen (secondary N) is 1. The van der Waals surface area contributed by atoms with Gasteiger partial charge in [0.15, 0.2) is 6.61 Å². The lowest BCUT2D eigenvalue weighted by atomic mass is 10.2. The van der Waals surface area contributed by atoms with Gasteiger partial charge in [0.1, 0.15) is 23.4 Å². The van der Waals surface area contributed by atoms with Crippen LogP contribution in [0.25, 0.3) is 0 Å². The number of rotatable bonds is 7. The fraction of sp³-hybridized carbons (Fsp3) is 0.259. The summed E-state index contributed by atoms with van der Waals surface area (Å²) in [5.74, 6) is 1.43. The third kappa shape index (κ3) is 6.10. The largest absolute Gasteiger partial charge is 0.497 e. The average molecular weight is 486 g/mol. The highest BCUT2D eigenvalue weighted by molar-refractivity contribution is 5.94. The molecule has 36 heavy (non-hydrogen) atoms. The number of aromatic nitrogens is 1. The highest BCUT2D eigenvalue weighted by atomic mass is 16.5. The van der Waals surface area contributed by atoms with Crippen LogP contribution >= 0.6 is 0 Å². The van der Waals surface area contributed by atoms with Gasteiger partial charge in [0.2, 0.25) is 0 Å². The van der Waals surface area contributed by atoms with Crippen LogP contribution in [0.3, 0.4) is 0 Å². The highest BCUT2D eigenvalue weighted by Gasteiger charge is 2.22. The fourth-order valence-electron chi connectivity index (χ4n) is 3.99. The molecule has 9 nitrogen and oxygen atoms in total. The molecule has 0 aliphatic carbocycles.